The van der Waals surface area contributed by atoms with E-state index in [1.807, 2.05) is 49.4 Å². The Labute approximate surface area is 210 Å². The van der Waals surface area contributed by atoms with Crippen LogP contribution in [0, 0.1) is 0 Å². The van der Waals surface area contributed by atoms with E-state index in [-0.39, 0.29) is 11.2 Å². The number of hydrogen-bond acceptors (Lipinski definition) is 7. The maximum Gasteiger partial charge on any atom is 0.297 e. The van der Waals surface area contributed by atoms with Crippen molar-refractivity contribution in [2.24, 2.45) is 0 Å². The van der Waals surface area contributed by atoms with Gasteiger partial charge in [0.2, 0.25) is 5.76 Å². The lowest BCUT2D eigenvalue weighted by Gasteiger charge is -2.23. The van der Waals surface area contributed by atoms with Gasteiger partial charge in [-0.2, -0.15) is 0 Å². The minimum atomic E-state index is -0.733. The number of methoxy groups -OCH3 is 1. The molecule has 1 unspecified atom stereocenters. The minimum Gasteiger partial charge on any atom is -0.493 e. The topological polar surface area (TPSA) is 81.9 Å². The largest absolute Gasteiger partial charge is 0.493 e. The molecule has 7 nitrogen and oxygen atoms in total. The second kappa shape index (κ2) is 8.80. The van der Waals surface area contributed by atoms with E-state index in [2.05, 4.69) is 0 Å². The van der Waals surface area contributed by atoms with Crippen LogP contribution in [0.15, 0.2) is 75.9 Å². The molecule has 0 saturated heterocycles. The Bertz CT molecular complexity index is 1660. The Kier molecular flexibility index (Phi) is 5.45. The van der Waals surface area contributed by atoms with Crippen molar-refractivity contribution in [2.45, 2.75) is 19.4 Å². The van der Waals surface area contributed by atoms with Crippen molar-refractivity contribution in [3.8, 4) is 11.5 Å². The van der Waals surface area contributed by atoms with Crippen molar-refractivity contribution < 1.29 is 18.7 Å². The van der Waals surface area contributed by atoms with Crippen molar-refractivity contribution in [3.05, 3.63) is 93.8 Å². The highest BCUT2D eigenvalue weighted by Crippen LogP contribution is 2.45. The van der Waals surface area contributed by atoms with Gasteiger partial charge in [-0.15, -0.1) is 0 Å². The average Bonchev–Trinajstić information content (AvgIpc) is 3.46. The average molecular weight is 499 g/mol. The fourth-order valence-electron chi connectivity index (χ4n) is 4.58. The highest BCUT2D eigenvalue weighted by atomic mass is 32.1. The van der Waals surface area contributed by atoms with Gasteiger partial charge in [0.1, 0.15) is 5.58 Å². The van der Waals surface area contributed by atoms with E-state index in [4.69, 9.17) is 18.9 Å². The molecule has 180 valence electrons. The summed E-state index contributed by atoms with van der Waals surface area (Å²) in [5.74, 6) is 0.761. The van der Waals surface area contributed by atoms with Gasteiger partial charge >= 0.3 is 0 Å². The zero-order valence-corrected chi connectivity index (χ0v) is 20.5. The van der Waals surface area contributed by atoms with Crippen LogP contribution in [-0.4, -0.2) is 24.6 Å². The summed E-state index contributed by atoms with van der Waals surface area (Å²) in [6, 6.07) is 19.4. The number of aromatic nitrogens is 1. The van der Waals surface area contributed by atoms with Crippen LogP contribution in [0.5, 0.6) is 11.5 Å². The van der Waals surface area contributed by atoms with E-state index in [1.54, 1.807) is 36.3 Å². The minimum absolute atomic E-state index is 0.0354. The Hall–Kier alpha value is -4.17. The van der Waals surface area contributed by atoms with Gasteiger partial charge in [0.05, 0.1) is 40.9 Å². The zero-order valence-electron chi connectivity index (χ0n) is 19.7. The Morgan fingerprint density at radius 3 is 2.64 bits per heavy atom. The van der Waals surface area contributed by atoms with Gasteiger partial charge < -0.3 is 13.9 Å². The van der Waals surface area contributed by atoms with E-state index in [9.17, 15) is 9.59 Å². The summed E-state index contributed by atoms with van der Waals surface area (Å²) in [6.45, 7) is 2.58. The summed E-state index contributed by atoms with van der Waals surface area (Å²) in [4.78, 5) is 33.9. The fraction of sp³-hybridized carbons (Fsp3) is 0.179. The van der Waals surface area contributed by atoms with Crippen molar-refractivity contribution in [2.75, 3.05) is 18.6 Å². The third-order valence-electron chi connectivity index (χ3n) is 6.23. The molecule has 1 aliphatic heterocycles. The summed E-state index contributed by atoms with van der Waals surface area (Å²) in [7, 11) is 1.57. The van der Waals surface area contributed by atoms with Crippen LogP contribution in [0.1, 0.15) is 41.1 Å². The smallest absolute Gasteiger partial charge is 0.297 e. The summed E-state index contributed by atoms with van der Waals surface area (Å²) >= 11 is 1.40. The van der Waals surface area contributed by atoms with Gasteiger partial charge in [0.15, 0.2) is 22.1 Å². The molecule has 36 heavy (non-hydrogen) atoms. The summed E-state index contributed by atoms with van der Waals surface area (Å²) in [6.07, 6.45) is 0.856. The molecule has 2 aromatic heterocycles. The number of amides is 1. The van der Waals surface area contributed by atoms with Gasteiger partial charge in [-0.1, -0.05) is 48.6 Å². The maximum absolute atomic E-state index is 13.8. The van der Waals surface area contributed by atoms with Crippen LogP contribution >= 0.6 is 11.3 Å². The van der Waals surface area contributed by atoms with Crippen LogP contribution in [0.25, 0.3) is 21.2 Å². The van der Waals surface area contributed by atoms with Crippen molar-refractivity contribution in [3.63, 3.8) is 0 Å². The molecular weight excluding hydrogens is 476 g/mol. The van der Waals surface area contributed by atoms with Gasteiger partial charge in [0.25, 0.3) is 5.91 Å². The van der Waals surface area contributed by atoms with E-state index in [1.165, 1.54) is 11.3 Å². The van der Waals surface area contributed by atoms with E-state index >= 15 is 0 Å². The molecule has 5 aromatic rings. The lowest BCUT2D eigenvalue weighted by molar-refractivity contribution is 0.0971. The fourth-order valence-corrected chi connectivity index (χ4v) is 5.57. The number of carbonyl (C=O) groups excluding carboxylic acids is 1. The van der Waals surface area contributed by atoms with Crippen LogP contribution < -0.4 is 19.8 Å². The lowest BCUT2D eigenvalue weighted by atomic mass is 9.98. The second-order valence-electron chi connectivity index (χ2n) is 8.47. The molecule has 0 N–H and O–H groups in total. The standard InChI is InChI=1S/C28H22N2O5S/c1-3-14-34-20-13-12-16(15-21(20)33-2)24-23-25(31)17-8-4-6-10-19(17)35-26(23)27(32)30(24)28-29-18-9-5-7-11-22(18)36-28/h4-13,15,24H,3,14H2,1-2H3. The molecule has 1 amide bonds. The molecule has 3 aromatic carbocycles. The molecule has 8 heteroatoms. The highest BCUT2D eigenvalue weighted by Gasteiger charge is 2.45. The molecule has 0 fully saturated rings. The van der Waals surface area contributed by atoms with Crippen LogP contribution in [-0.2, 0) is 0 Å². The summed E-state index contributed by atoms with van der Waals surface area (Å²) in [5.41, 5.74) is 1.91. The predicted octanol–water partition coefficient (Wildman–Crippen LogP) is 5.95. The molecule has 0 aliphatic carbocycles. The number of nitrogens with zero attached hydrogens (tertiary/aromatic N) is 2. The number of para-hydroxylation sites is 2. The van der Waals surface area contributed by atoms with Crippen LogP contribution in [0.2, 0.25) is 0 Å². The van der Waals surface area contributed by atoms with E-state index < -0.39 is 11.9 Å². The van der Waals surface area contributed by atoms with Crippen molar-refractivity contribution in [1.82, 2.24) is 4.98 Å². The highest BCUT2D eigenvalue weighted by molar-refractivity contribution is 7.22. The zero-order chi connectivity index (χ0) is 24.8. The molecule has 0 radical (unpaired) electrons. The van der Waals surface area contributed by atoms with Crippen LogP contribution in [0.3, 0.4) is 0 Å². The van der Waals surface area contributed by atoms with Crippen molar-refractivity contribution >= 4 is 43.6 Å². The van der Waals surface area contributed by atoms with Crippen molar-refractivity contribution in [1.29, 1.82) is 0 Å². The number of ether oxygens (including phenoxy) is 2. The monoisotopic (exact) mass is 498 g/mol. The molecular formula is C28H22N2O5S. The Morgan fingerprint density at radius 2 is 1.83 bits per heavy atom. The Morgan fingerprint density at radius 1 is 1.03 bits per heavy atom. The lowest BCUT2D eigenvalue weighted by Crippen LogP contribution is -2.29. The molecule has 3 heterocycles. The molecule has 6 rings (SSSR count). The SMILES string of the molecule is CCCOc1ccc(C2c3c(oc4ccccc4c3=O)C(=O)N2c2nc3ccccc3s2)cc1OC. The number of carbonyl (C=O) groups is 1. The predicted molar refractivity (Wildman–Crippen MR) is 140 cm³/mol. The first kappa shape index (κ1) is 22.3. The van der Waals surface area contributed by atoms with Gasteiger partial charge in [-0.25, -0.2) is 4.98 Å². The molecule has 0 spiro atoms. The van der Waals surface area contributed by atoms with Gasteiger partial charge in [-0.05, 0) is 48.4 Å². The first-order valence-corrected chi connectivity index (χ1v) is 12.5. The van der Waals surface area contributed by atoms with Crippen LogP contribution in [0.4, 0.5) is 5.13 Å². The maximum atomic E-state index is 13.8. The quantitative estimate of drug-likeness (QED) is 0.288. The number of anilines is 1. The first-order valence-electron chi connectivity index (χ1n) is 11.7. The summed E-state index contributed by atoms with van der Waals surface area (Å²) in [5, 5.41) is 0.918. The number of thiazole rings is 1. The number of hydrogen-bond donors (Lipinski definition) is 0. The van der Waals surface area contributed by atoms with Gasteiger partial charge in [-0.3, -0.25) is 14.5 Å². The number of fused-ring (bicyclic) bond motifs is 3. The first-order chi connectivity index (χ1) is 17.6. The molecule has 1 atom stereocenters. The molecule has 0 bridgehead atoms. The van der Waals surface area contributed by atoms with E-state index in [0.717, 1.165) is 16.6 Å². The summed E-state index contributed by atoms with van der Waals surface area (Å²) < 4.78 is 18.4. The van der Waals surface area contributed by atoms with Gasteiger partial charge in [0, 0.05) is 0 Å². The molecule has 0 saturated carbocycles. The normalized spacial score (nSPS) is 15.0. The molecule has 1 aliphatic rings. The Balaban J connectivity index is 1.59. The second-order valence-corrected chi connectivity index (χ2v) is 9.48. The number of rotatable bonds is 6. The third kappa shape index (κ3) is 3.45. The third-order valence-corrected chi connectivity index (χ3v) is 7.27. The van der Waals surface area contributed by atoms with E-state index in [0.29, 0.717) is 45.3 Å². The number of benzene rings is 3.